The zero-order chi connectivity index (χ0) is 12.0. The summed E-state index contributed by atoms with van der Waals surface area (Å²) >= 11 is 0. The summed E-state index contributed by atoms with van der Waals surface area (Å²) in [5.41, 5.74) is 6.80. The molecule has 5 nitrogen and oxygen atoms in total. The minimum absolute atomic E-state index is 0.0263. The summed E-state index contributed by atoms with van der Waals surface area (Å²) in [4.78, 5) is 17.5. The normalized spacial score (nSPS) is 10.4. The van der Waals surface area contributed by atoms with Crippen LogP contribution in [0.4, 0.5) is 11.4 Å². The van der Waals surface area contributed by atoms with Crippen LogP contribution in [-0.4, -0.2) is 36.4 Å². The smallest absolute Gasteiger partial charge is 0.224 e. The molecule has 1 aromatic heterocycles. The number of carbonyl (C=O) groups is 1. The van der Waals surface area contributed by atoms with Crippen LogP contribution in [0.2, 0.25) is 0 Å². The Labute approximate surface area is 95.7 Å². The van der Waals surface area contributed by atoms with Gasteiger partial charge in [-0.2, -0.15) is 0 Å². The zero-order valence-electron chi connectivity index (χ0n) is 9.73. The minimum Gasteiger partial charge on any atom is -0.397 e. The van der Waals surface area contributed by atoms with E-state index in [9.17, 15) is 4.79 Å². The van der Waals surface area contributed by atoms with Crippen molar-refractivity contribution in [3.63, 3.8) is 0 Å². The monoisotopic (exact) mass is 222 g/mol. The maximum Gasteiger partial charge on any atom is 0.224 e. The first-order chi connectivity index (χ1) is 7.59. The van der Waals surface area contributed by atoms with Gasteiger partial charge < -0.3 is 16.0 Å². The van der Waals surface area contributed by atoms with E-state index >= 15 is 0 Å². The lowest BCUT2D eigenvalue weighted by Gasteiger charge is -2.10. The molecule has 0 aliphatic heterocycles. The fourth-order valence-corrected chi connectivity index (χ4v) is 1.28. The second-order valence-electron chi connectivity index (χ2n) is 3.92. The largest absolute Gasteiger partial charge is 0.397 e. The fourth-order valence-electron chi connectivity index (χ4n) is 1.28. The van der Waals surface area contributed by atoms with Gasteiger partial charge in [0.05, 0.1) is 17.6 Å². The van der Waals surface area contributed by atoms with Crippen molar-refractivity contribution in [3.05, 3.63) is 18.5 Å². The van der Waals surface area contributed by atoms with Crippen LogP contribution in [0, 0.1) is 0 Å². The van der Waals surface area contributed by atoms with Gasteiger partial charge in [-0.05, 0) is 33.1 Å². The van der Waals surface area contributed by atoms with Crippen LogP contribution in [0.3, 0.4) is 0 Å². The molecule has 1 aromatic rings. The maximum atomic E-state index is 11.5. The lowest BCUT2D eigenvalue weighted by atomic mass is 10.2. The van der Waals surface area contributed by atoms with E-state index in [2.05, 4.69) is 10.3 Å². The van der Waals surface area contributed by atoms with Crippen LogP contribution in [0.1, 0.15) is 12.8 Å². The van der Waals surface area contributed by atoms with Gasteiger partial charge in [-0.25, -0.2) is 0 Å². The molecule has 5 heteroatoms. The van der Waals surface area contributed by atoms with Crippen molar-refractivity contribution in [2.45, 2.75) is 12.8 Å². The molecule has 16 heavy (non-hydrogen) atoms. The molecule has 0 saturated heterocycles. The van der Waals surface area contributed by atoms with Crippen LogP contribution in [-0.2, 0) is 4.79 Å². The van der Waals surface area contributed by atoms with Crippen molar-refractivity contribution >= 4 is 17.3 Å². The number of amides is 1. The van der Waals surface area contributed by atoms with E-state index < -0.39 is 0 Å². The summed E-state index contributed by atoms with van der Waals surface area (Å²) in [7, 11) is 3.97. The quantitative estimate of drug-likeness (QED) is 0.778. The van der Waals surface area contributed by atoms with E-state index in [1.165, 1.54) is 0 Å². The molecule has 0 aromatic carbocycles. The molecule has 3 N–H and O–H groups in total. The van der Waals surface area contributed by atoms with Gasteiger partial charge >= 0.3 is 0 Å². The average Bonchev–Trinajstić information content (AvgIpc) is 2.21. The van der Waals surface area contributed by atoms with Gasteiger partial charge in [0.2, 0.25) is 5.91 Å². The number of pyridine rings is 1. The van der Waals surface area contributed by atoms with Crippen molar-refractivity contribution in [3.8, 4) is 0 Å². The highest BCUT2D eigenvalue weighted by molar-refractivity contribution is 5.93. The Hall–Kier alpha value is -1.62. The number of rotatable bonds is 5. The van der Waals surface area contributed by atoms with E-state index in [0.717, 1.165) is 13.0 Å². The maximum absolute atomic E-state index is 11.5. The number of nitrogens with two attached hydrogens (primary N) is 1. The molecule has 0 bridgehead atoms. The SMILES string of the molecule is CN(C)CCCC(=O)Nc1cnccc1N. The molecular weight excluding hydrogens is 204 g/mol. The second-order valence-corrected chi connectivity index (χ2v) is 3.92. The summed E-state index contributed by atoms with van der Waals surface area (Å²) < 4.78 is 0. The third-order valence-electron chi connectivity index (χ3n) is 2.14. The Kier molecular flexibility index (Phi) is 4.72. The van der Waals surface area contributed by atoms with Crippen molar-refractivity contribution in [1.29, 1.82) is 0 Å². The Morgan fingerprint density at radius 1 is 1.56 bits per heavy atom. The van der Waals surface area contributed by atoms with E-state index in [0.29, 0.717) is 17.8 Å². The second kappa shape index (κ2) is 6.07. The first kappa shape index (κ1) is 12.4. The van der Waals surface area contributed by atoms with Crippen LogP contribution in [0.15, 0.2) is 18.5 Å². The predicted molar refractivity (Wildman–Crippen MR) is 65.1 cm³/mol. The van der Waals surface area contributed by atoms with Crippen LogP contribution in [0.25, 0.3) is 0 Å². The van der Waals surface area contributed by atoms with E-state index in [4.69, 9.17) is 5.73 Å². The van der Waals surface area contributed by atoms with Gasteiger partial charge in [-0.1, -0.05) is 0 Å². The molecule has 0 spiro atoms. The number of nitrogen functional groups attached to an aromatic ring is 1. The molecule has 1 heterocycles. The molecule has 0 unspecified atom stereocenters. The summed E-state index contributed by atoms with van der Waals surface area (Å²) in [6, 6.07) is 1.66. The number of anilines is 2. The Balaban J connectivity index is 2.37. The van der Waals surface area contributed by atoms with E-state index in [1.807, 2.05) is 19.0 Å². The number of carbonyl (C=O) groups excluding carboxylic acids is 1. The molecule has 0 atom stereocenters. The Morgan fingerprint density at radius 3 is 2.94 bits per heavy atom. The first-order valence-corrected chi connectivity index (χ1v) is 5.23. The van der Waals surface area contributed by atoms with E-state index in [-0.39, 0.29) is 5.91 Å². The lowest BCUT2D eigenvalue weighted by molar-refractivity contribution is -0.116. The number of aromatic nitrogens is 1. The van der Waals surface area contributed by atoms with Crippen molar-refractivity contribution in [2.24, 2.45) is 0 Å². The third-order valence-corrected chi connectivity index (χ3v) is 2.14. The third kappa shape index (κ3) is 4.27. The summed E-state index contributed by atoms with van der Waals surface area (Å²) in [5, 5.41) is 2.74. The van der Waals surface area contributed by atoms with Crippen molar-refractivity contribution in [2.75, 3.05) is 31.7 Å². The number of nitrogens with one attached hydrogen (secondary N) is 1. The summed E-state index contributed by atoms with van der Waals surface area (Å²) in [6.45, 7) is 0.899. The van der Waals surface area contributed by atoms with E-state index in [1.54, 1.807) is 18.5 Å². The first-order valence-electron chi connectivity index (χ1n) is 5.23. The van der Waals surface area contributed by atoms with Gasteiger partial charge in [0, 0.05) is 12.6 Å². The Morgan fingerprint density at radius 2 is 2.31 bits per heavy atom. The fraction of sp³-hybridized carbons (Fsp3) is 0.455. The summed E-state index contributed by atoms with van der Waals surface area (Å²) in [5.74, 6) is -0.0263. The topological polar surface area (TPSA) is 71.2 Å². The highest BCUT2D eigenvalue weighted by Gasteiger charge is 2.04. The zero-order valence-corrected chi connectivity index (χ0v) is 9.73. The van der Waals surface area contributed by atoms with Gasteiger partial charge in [0.15, 0.2) is 0 Å². The predicted octanol–water partition coefficient (Wildman–Crippen LogP) is 0.944. The lowest BCUT2D eigenvalue weighted by Crippen LogP contribution is -2.17. The van der Waals surface area contributed by atoms with Gasteiger partial charge in [0.1, 0.15) is 0 Å². The number of nitrogens with zero attached hydrogens (tertiary/aromatic N) is 2. The molecular formula is C11H18N4O. The van der Waals surface area contributed by atoms with Crippen LogP contribution < -0.4 is 11.1 Å². The molecule has 0 radical (unpaired) electrons. The highest BCUT2D eigenvalue weighted by atomic mass is 16.1. The number of hydrogen-bond donors (Lipinski definition) is 2. The van der Waals surface area contributed by atoms with Gasteiger partial charge in [-0.15, -0.1) is 0 Å². The van der Waals surface area contributed by atoms with Gasteiger partial charge in [0.25, 0.3) is 0 Å². The van der Waals surface area contributed by atoms with Crippen molar-refractivity contribution in [1.82, 2.24) is 9.88 Å². The molecule has 88 valence electrons. The molecule has 0 aliphatic carbocycles. The van der Waals surface area contributed by atoms with Crippen LogP contribution in [0.5, 0.6) is 0 Å². The van der Waals surface area contributed by atoms with Crippen LogP contribution >= 0.6 is 0 Å². The average molecular weight is 222 g/mol. The highest BCUT2D eigenvalue weighted by Crippen LogP contribution is 2.15. The van der Waals surface area contributed by atoms with Crippen molar-refractivity contribution < 1.29 is 4.79 Å². The Bertz CT molecular complexity index is 352. The molecule has 0 saturated carbocycles. The summed E-state index contributed by atoms with van der Waals surface area (Å²) in [6.07, 6.45) is 4.47. The molecule has 0 fully saturated rings. The van der Waals surface area contributed by atoms with Gasteiger partial charge in [-0.3, -0.25) is 9.78 Å². The standard InChI is InChI=1S/C11H18N4O/c1-15(2)7-3-4-11(16)14-10-8-13-6-5-9(10)12/h5-6,8H,3-4,7H2,1-2H3,(H2,12,13)(H,14,16). The minimum atomic E-state index is -0.0263. The molecule has 0 aliphatic rings. The molecule has 1 amide bonds. The number of hydrogen-bond acceptors (Lipinski definition) is 4. The molecule has 1 rings (SSSR count).